The average Bonchev–Trinajstić information content (AvgIpc) is 2.33. The number of hydrogen-bond donors (Lipinski definition) is 1. The van der Waals surface area contributed by atoms with Crippen LogP contribution in [0.3, 0.4) is 0 Å². The number of aromatic nitrogens is 1. The van der Waals surface area contributed by atoms with Gasteiger partial charge in [0, 0.05) is 0 Å². The average molecular weight is 235 g/mol. The molecule has 0 fully saturated rings. The molecule has 1 rings (SSSR count). The maximum Gasteiger partial charge on any atom is 0.191 e. The van der Waals surface area contributed by atoms with Gasteiger partial charge in [0.2, 0.25) is 0 Å². The van der Waals surface area contributed by atoms with Crippen LogP contribution in [0.25, 0.3) is 0 Å². The summed E-state index contributed by atoms with van der Waals surface area (Å²) in [6.45, 7) is 1.66. The van der Waals surface area contributed by atoms with Crippen molar-refractivity contribution in [3.05, 3.63) is 15.5 Å². The minimum Gasteiger partial charge on any atom is -0.321 e. The molecule has 0 saturated heterocycles. The number of ketones is 1. The molecule has 2 N–H and O–H groups in total. The third-order valence-corrected chi connectivity index (χ3v) is 2.84. The minimum absolute atomic E-state index is 0.0700. The topological polar surface area (TPSA) is 56.0 Å². The van der Waals surface area contributed by atoms with Gasteiger partial charge in [0.15, 0.2) is 5.78 Å². The Kier molecular flexibility index (Phi) is 2.75. The Hall–Kier alpha value is -0.260. The summed E-state index contributed by atoms with van der Waals surface area (Å²) in [6, 6.07) is -0.452. The molecule has 0 radical (unpaired) electrons. The Bertz CT molecular complexity index is 271. The Labute approximate surface area is 76.9 Å². The third-order valence-electron chi connectivity index (χ3n) is 1.16. The van der Waals surface area contributed by atoms with Gasteiger partial charge in [-0.2, -0.15) is 4.37 Å². The highest BCUT2D eigenvalue weighted by molar-refractivity contribution is 9.10. The zero-order chi connectivity index (χ0) is 8.43. The second kappa shape index (κ2) is 3.42. The molecule has 0 aromatic carbocycles. The molecular weight excluding hydrogens is 228 g/mol. The zero-order valence-corrected chi connectivity index (χ0v) is 8.28. The molecule has 5 heteroatoms. The third kappa shape index (κ3) is 1.85. The first-order valence-electron chi connectivity index (χ1n) is 3.03. The molecule has 60 valence electrons. The molecule has 0 saturated carbocycles. The predicted octanol–water partition coefficient (Wildman–Crippen LogP) is 1.44. The second-order valence-corrected chi connectivity index (χ2v) is 3.81. The summed E-state index contributed by atoms with van der Waals surface area (Å²) in [6.07, 6.45) is 1.60. The molecule has 1 atom stereocenters. The fourth-order valence-electron chi connectivity index (χ4n) is 0.597. The predicted molar refractivity (Wildman–Crippen MR) is 47.8 cm³/mol. The smallest absolute Gasteiger partial charge is 0.191 e. The molecule has 1 aromatic heterocycles. The summed E-state index contributed by atoms with van der Waals surface area (Å²) < 4.78 is 4.57. The Balaban J connectivity index is 2.93. The van der Waals surface area contributed by atoms with E-state index in [1.165, 1.54) is 0 Å². The number of carbonyl (C=O) groups is 1. The molecular formula is C6H7BrN2OS. The lowest BCUT2D eigenvalue weighted by Gasteiger charge is -1.99. The van der Waals surface area contributed by atoms with Gasteiger partial charge >= 0.3 is 0 Å². The normalized spacial score (nSPS) is 13.0. The summed E-state index contributed by atoms with van der Waals surface area (Å²) in [5.74, 6) is -0.0700. The van der Waals surface area contributed by atoms with E-state index in [2.05, 4.69) is 20.3 Å². The number of hydrogen-bond acceptors (Lipinski definition) is 4. The number of Topliss-reactive ketones (excluding diaryl/α,β-unsaturated/α-hetero) is 1. The lowest BCUT2D eigenvalue weighted by atomic mass is 10.2. The van der Waals surface area contributed by atoms with Gasteiger partial charge in [0.05, 0.1) is 16.7 Å². The standard InChI is InChI=1S/C6H7BrN2OS/c1-3(8)5(10)6-4(7)2-9-11-6/h2-3H,8H2,1H3/t3-/m0/s1. The van der Waals surface area contributed by atoms with Gasteiger partial charge in [-0.1, -0.05) is 0 Å². The number of nitrogens with zero attached hydrogens (tertiary/aromatic N) is 1. The van der Waals surface area contributed by atoms with Crippen molar-refractivity contribution in [2.45, 2.75) is 13.0 Å². The molecule has 1 aromatic rings. The number of carbonyl (C=O) groups excluding carboxylic acids is 1. The van der Waals surface area contributed by atoms with E-state index in [0.717, 1.165) is 16.0 Å². The molecule has 0 amide bonds. The van der Waals surface area contributed by atoms with Crippen LogP contribution in [0, 0.1) is 0 Å². The summed E-state index contributed by atoms with van der Waals surface area (Å²) >= 11 is 4.37. The molecule has 11 heavy (non-hydrogen) atoms. The molecule has 1 heterocycles. The monoisotopic (exact) mass is 234 g/mol. The Morgan fingerprint density at radius 3 is 2.91 bits per heavy atom. The first-order chi connectivity index (χ1) is 5.13. The highest BCUT2D eigenvalue weighted by atomic mass is 79.9. The highest BCUT2D eigenvalue weighted by Crippen LogP contribution is 2.20. The molecule has 3 nitrogen and oxygen atoms in total. The summed E-state index contributed by atoms with van der Waals surface area (Å²) in [5.41, 5.74) is 5.40. The summed E-state index contributed by atoms with van der Waals surface area (Å²) in [5, 5.41) is 0. The van der Waals surface area contributed by atoms with Crippen LogP contribution in [0.2, 0.25) is 0 Å². The van der Waals surface area contributed by atoms with Gasteiger partial charge < -0.3 is 5.73 Å². The van der Waals surface area contributed by atoms with Crippen molar-refractivity contribution in [1.82, 2.24) is 4.37 Å². The van der Waals surface area contributed by atoms with Crippen LogP contribution in [0.1, 0.15) is 16.6 Å². The molecule has 0 aliphatic rings. The number of rotatable bonds is 2. The van der Waals surface area contributed by atoms with Crippen LogP contribution in [-0.4, -0.2) is 16.2 Å². The van der Waals surface area contributed by atoms with E-state index in [1.807, 2.05) is 0 Å². The maximum atomic E-state index is 11.2. The van der Waals surface area contributed by atoms with Crippen LogP contribution >= 0.6 is 27.5 Å². The van der Waals surface area contributed by atoms with Crippen molar-refractivity contribution < 1.29 is 4.79 Å². The van der Waals surface area contributed by atoms with Gasteiger partial charge in [-0.3, -0.25) is 4.79 Å². The quantitative estimate of drug-likeness (QED) is 0.789. The molecule has 0 spiro atoms. The first-order valence-corrected chi connectivity index (χ1v) is 4.59. The van der Waals surface area contributed by atoms with Crippen molar-refractivity contribution in [2.75, 3.05) is 0 Å². The van der Waals surface area contributed by atoms with Crippen molar-refractivity contribution in [1.29, 1.82) is 0 Å². The van der Waals surface area contributed by atoms with E-state index in [1.54, 1.807) is 13.1 Å². The SMILES string of the molecule is C[C@H](N)C(=O)c1sncc1Br. The zero-order valence-electron chi connectivity index (χ0n) is 5.87. The van der Waals surface area contributed by atoms with E-state index >= 15 is 0 Å². The van der Waals surface area contributed by atoms with Gasteiger partial charge in [0.25, 0.3) is 0 Å². The fraction of sp³-hybridized carbons (Fsp3) is 0.333. The first kappa shape index (κ1) is 8.83. The maximum absolute atomic E-state index is 11.2. The van der Waals surface area contributed by atoms with Gasteiger partial charge in [-0.05, 0) is 34.4 Å². The molecule has 0 unspecified atom stereocenters. The fourth-order valence-corrected chi connectivity index (χ4v) is 1.93. The Morgan fingerprint density at radius 1 is 1.91 bits per heavy atom. The van der Waals surface area contributed by atoms with Crippen LogP contribution in [0.4, 0.5) is 0 Å². The van der Waals surface area contributed by atoms with E-state index < -0.39 is 6.04 Å². The van der Waals surface area contributed by atoms with Crippen LogP contribution in [-0.2, 0) is 0 Å². The van der Waals surface area contributed by atoms with Crippen LogP contribution in [0.15, 0.2) is 10.7 Å². The van der Waals surface area contributed by atoms with Gasteiger partial charge in [-0.25, -0.2) is 0 Å². The van der Waals surface area contributed by atoms with E-state index in [-0.39, 0.29) is 5.78 Å². The van der Waals surface area contributed by atoms with Crippen LogP contribution < -0.4 is 5.73 Å². The molecule has 0 aliphatic heterocycles. The van der Waals surface area contributed by atoms with Gasteiger partial charge in [-0.15, -0.1) is 0 Å². The minimum atomic E-state index is -0.452. The second-order valence-electron chi connectivity index (χ2n) is 2.16. The Morgan fingerprint density at radius 2 is 2.55 bits per heavy atom. The number of halogens is 1. The molecule has 0 bridgehead atoms. The lowest BCUT2D eigenvalue weighted by Crippen LogP contribution is -2.26. The van der Waals surface area contributed by atoms with E-state index in [0.29, 0.717) is 4.88 Å². The van der Waals surface area contributed by atoms with Crippen molar-refractivity contribution in [3.63, 3.8) is 0 Å². The highest BCUT2D eigenvalue weighted by Gasteiger charge is 2.15. The summed E-state index contributed by atoms with van der Waals surface area (Å²) in [7, 11) is 0. The summed E-state index contributed by atoms with van der Waals surface area (Å²) in [4.78, 5) is 11.8. The van der Waals surface area contributed by atoms with E-state index in [4.69, 9.17) is 5.73 Å². The molecule has 0 aliphatic carbocycles. The van der Waals surface area contributed by atoms with Crippen molar-refractivity contribution >= 4 is 33.2 Å². The van der Waals surface area contributed by atoms with Crippen LogP contribution in [0.5, 0.6) is 0 Å². The number of nitrogens with two attached hydrogens (primary N) is 1. The van der Waals surface area contributed by atoms with Crippen molar-refractivity contribution in [2.24, 2.45) is 5.73 Å². The van der Waals surface area contributed by atoms with Crippen molar-refractivity contribution in [3.8, 4) is 0 Å². The van der Waals surface area contributed by atoms with E-state index in [9.17, 15) is 4.79 Å². The largest absolute Gasteiger partial charge is 0.321 e. The van der Waals surface area contributed by atoms with Gasteiger partial charge in [0.1, 0.15) is 4.88 Å². The lowest BCUT2D eigenvalue weighted by molar-refractivity contribution is 0.0971.